The van der Waals surface area contributed by atoms with E-state index < -0.39 is 11.0 Å². The molecule has 0 fully saturated rings. The molecule has 3 heteroatoms. The molecule has 0 spiro atoms. The van der Waals surface area contributed by atoms with E-state index in [9.17, 15) is 5.11 Å². The van der Waals surface area contributed by atoms with Gasteiger partial charge in [-0.05, 0) is 30.7 Å². The number of thioether (sulfide) groups is 1. The Kier molecular flexibility index (Phi) is 4.15. The van der Waals surface area contributed by atoms with Crippen LogP contribution in [-0.4, -0.2) is 23.1 Å². The highest BCUT2D eigenvalue weighted by Crippen LogP contribution is 2.51. The van der Waals surface area contributed by atoms with Crippen molar-refractivity contribution in [2.75, 3.05) is 11.9 Å². The Hall–Kier alpha value is -1.89. The number of rotatable bonds is 2. The van der Waals surface area contributed by atoms with Gasteiger partial charge >= 0.3 is 0 Å². The van der Waals surface area contributed by atoms with Gasteiger partial charge in [-0.2, -0.15) is 0 Å². The standard InChI is InChI=1S/C19H19NOS/c1-3-18(21)19(14-13-15-9-5-4-6-10-15)20(2)16-11-7-8-12-17(16)22-19/h4-12,18,21H,3H2,1-2H3/t18-,19+/m1/s1. The first kappa shape index (κ1) is 15.0. The molecule has 1 aliphatic rings. The van der Waals surface area contributed by atoms with Gasteiger partial charge in [-0.25, -0.2) is 0 Å². The molecule has 22 heavy (non-hydrogen) atoms. The Bertz CT molecular complexity index is 719. The quantitative estimate of drug-likeness (QED) is 0.855. The van der Waals surface area contributed by atoms with Crippen LogP contribution in [0.15, 0.2) is 59.5 Å². The van der Waals surface area contributed by atoms with Crippen molar-refractivity contribution in [2.45, 2.75) is 29.2 Å². The minimum absolute atomic E-state index is 0.522. The molecular formula is C19H19NOS. The first-order valence-electron chi connectivity index (χ1n) is 7.45. The Labute approximate surface area is 136 Å². The second-order valence-corrected chi connectivity index (χ2v) is 6.63. The van der Waals surface area contributed by atoms with Crippen molar-refractivity contribution in [1.29, 1.82) is 0 Å². The third-order valence-corrected chi connectivity index (χ3v) is 5.51. The van der Waals surface area contributed by atoms with Gasteiger partial charge in [0.2, 0.25) is 0 Å². The fourth-order valence-corrected chi connectivity index (χ4v) is 4.11. The van der Waals surface area contributed by atoms with Gasteiger partial charge in [0.25, 0.3) is 0 Å². The SMILES string of the molecule is CC[C@@H](O)[C@]1(C#Cc2ccccc2)Sc2ccccc2N1C. The number of benzene rings is 2. The van der Waals surface area contributed by atoms with Gasteiger partial charge in [-0.3, -0.25) is 0 Å². The van der Waals surface area contributed by atoms with Crippen LogP contribution in [-0.2, 0) is 0 Å². The van der Waals surface area contributed by atoms with E-state index in [1.54, 1.807) is 11.8 Å². The number of para-hydroxylation sites is 1. The highest BCUT2D eigenvalue weighted by molar-refractivity contribution is 8.01. The third-order valence-electron chi connectivity index (χ3n) is 3.99. The molecule has 0 saturated heterocycles. The van der Waals surface area contributed by atoms with Crippen LogP contribution in [0.5, 0.6) is 0 Å². The van der Waals surface area contributed by atoms with Crippen molar-refractivity contribution in [3.05, 3.63) is 60.2 Å². The van der Waals surface area contributed by atoms with Crippen LogP contribution in [0, 0.1) is 11.8 Å². The third kappa shape index (κ3) is 2.49. The molecule has 0 unspecified atom stereocenters. The summed E-state index contributed by atoms with van der Waals surface area (Å²) in [4.78, 5) is 2.64. The molecule has 2 nitrogen and oxygen atoms in total. The van der Waals surface area contributed by atoms with Crippen LogP contribution < -0.4 is 4.90 Å². The molecule has 112 valence electrons. The van der Waals surface area contributed by atoms with E-state index in [0.717, 1.165) is 11.3 Å². The fourth-order valence-electron chi connectivity index (χ4n) is 2.68. The Morgan fingerprint density at radius 3 is 2.50 bits per heavy atom. The molecule has 2 aromatic carbocycles. The molecule has 1 heterocycles. The molecule has 2 aromatic rings. The number of aliphatic hydroxyl groups is 1. The van der Waals surface area contributed by atoms with Gasteiger partial charge in [-0.15, -0.1) is 0 Å². The monoisotopic (exact) mass is 309 g/mol. The number of aliphatic hydroxyl groups excluding tert-OH is 1. The van der Waals surface area contributed by atoms with E-state index in [2.05, 4.69) is 28.9 Å². The predicted molar refractivity (Wildman–Crippen MR) is 93.1 cm³/mol. The first-order valence-corrected chi connectivity index (χ1v) is 8.27. The summed E-state index contributed by atoms with van der Waals surface area (Å²) in [6, 6.07) is 18.1. The Balaban J connectivity index is 2.04. The summed E-state index contributed by atoms with van der Waals surface area (Å²) in [7, 11) is 2.01. The van der Waals surface area contributed by atoms with Crippen LogP contribution in [0.4, 0.5) is 5.69 Å². The largest absolute Gasteiger partial charge is 0.389 e. The molecule has 3 rings (SSSR count). The van der Waals surface area contributed by atoms with E-state index in [4.69, 9.17) is 0 Å². The molecule has 1 aliphatic heterocycles. The lowest BCUT2D eigenvalue weighted by molar-refractivity contribution is 0.146. The molecule has 0 radical (unpaired) electrons. The minimum atomic E-state index is -0.631. The van der Waals surface area contributed by atoms with Crippen LogP contribution in [0.2, 0.25) is 0 Å². The molecule has 2 atom stereocenters. The van der Waals surface area contributed by atoms with Crippen LogP contribution >= 0.6 is 11.8 Å². The maximum absolute atomic E-state index is 10.7. The van der Waals surface area contributed by atoms with Gasteiger partial charge in [0.15, 0.2) is 4.87 Å². The van der Waals surface area contributed by atoms with Crippen LogP contribution in [0.3, 0.4) is 0 Å². The first-order chi connectivity index (χ1) is 10.7. The Morgan fingerprint density at radius 2 is 1.82 bits per heavy atom. The Morgan fingerprint density at radius 1 is 1.14 bits per heavy atom. The molecule has 0 saturated carbocycles. The lowest BCUT2D eigenvalue weighted by atomic mass is 10.1. The minimum Gasteiger partial charge on any atom is -0.389 e. The van der Waals surface area contributed by atoms with E-state index in [-0.39, 0.29) is 0 Å². The van der Waals surface area contributed by atoms with Gasteiger partial charge in [-0.1, -0.05) is 60.9 Å². The van der Waals surface area contributed by atoms with Crippen molar-refractivity contribution in [1.82, 2.24) is 0 Å². The summed E-state index contributed by atoms with van der Waals surface area (Å²) < 4.78 is 0. The summed E-state index contributed by atoms with van der Waals surface area (Å²) in [6.45, 7) is 1.99. The van der Waals surface area contributed by atoms with Crippen molar-refractivity contribution in [3.8, 4) is 11.8 Å². The van der Waals surface area contributed by atoms with E-state index in [1.165, 1.54) is 4.90 Å². The average Bonchev–Trinajstić information content (AvgIpc) is 2.87. The topological polar surface area (TPSA) is 23.5 Å². The highest BCUT2D eigenvalue weighted by atomic mass is 32.2. The summed E-state index contributed by atoms with van der Waals surface area (Å²) >= 11 is 1.65. The maximum atomic E-state index is 10.7. The highest BCUT2D eigenvalue weighted by Gasteiger charge is 2.46. The lowest BCUT2D eigenvalue weighted by Crippen LogP contribution is -2.49. The van der Waals surface area contributed by atoms with Gasteiger partial charge in [0.05, 0.1) is 11.8 Å². The number of hydrogen-bond donors (Lipinski definition) is 1. The number of hydrogen-bond acceptors (Lipinski definition) is 3. The molecule has 0 aromatic heterocycles. The summed E-state index contributed by atoms with van der Waals surface area (Å²) in [5.74, 6) is 6.58. The van der Waals surface area contributed by atoms with Crippen molar-refractivity contribution < 1.29 is 5.11 Å². The molecule has 1 N–H and O–H groups in total. The normalized spacial score (nSPS) is 21.0. The van der Waals surface area contributed by atoms with Crippen molar-refractivity contribution in [2.24, 2.45) is 0 Å². The predicted octanol–water partition coefficient (Wildman–Crippen LogP) is 3.75. The second-order valence-electron chi connectivity index (χ2n) is 5.37. The van der Waals surface area contributed by atoms with Gasteiger partial charge in [0, 0.05) is 17.5 Å². The van der Waals surface area contributed by atoms with E-state index in [1.807, 2.05) is 56.4 Å². The molecular weight excluding hydrogens is 290 g/mol. The van der Waals surface area contributed by atoms with Gasteiger partial charge in [0.1, 0.15) is 0 Å². The zero-order valence-corrected chi connectivity index (χ0v) is 13.6. The second kappa shape index (κ2) is 6.08. The number of nitrogens with zero attached hydrogens (tertiary/aromatic N) is 1. The smallest absolute Gasteiger partial charge is 0.179 e. The van der Waals surface area contributed by atoms with Crippen molar-refractivity contribution >= 4 is 17.4 Å². The number of fused-ring (bicyclic) bond motifs is 1. The summed E-state index contributed by atoms with van der Waals surface area (Å²) in [6.07, 6.45) is 0.139. The zero-order chi connectivity index (χ0) is 15.6. The summed E-state index contributed by atoms with van der Waals surface area (Å²) in [5.41, 5.74) is 2.09. The van der Waals surface area contributed by atoms with E-state index in [0.29, 0.717) is 6.42 Å². The molecule has 0 amide bonds. The van der Waals surface area contributed by atoms with Crippen molar-refractivity contribution in [3.63, 3.8) is 0 Å². The molecule has 0 aliphatic carbocycles. The van der Waals surface area contributed by atoms with Crippen LogP contribution in [0.1, 0.15) is 18.9 Å². The lowest BCUT2D eigenvalue weighted by Gasteiger charge is -2.35. The summed E-state index contributed by atoms with van der Waals surface area (Å²) in [5, 5.41) is 10.7. The number of likely N-dealkylation sites (N-methyl/N-ethyl adjacent to an activating group) is 1. The van der Waals surface area contributed by atoms with Gasteiger partial charge < -0.3 is 10.0 Å². The zero-order valence-electron chi connectivity index (χ0n) is 12.8. The molecule has 0 bridgehead atoms. The maximum Gasteiger partial charge on any atom is 0.179 e. The number of anilines is 1. The van der Waals surface area contributed by atoms with E-state index >= 15 is 0 Å². The van der Waals surface area contributed by atoms with Crippen LogP contribution in [0.25, 0.3) is 0 Å². The average molecular weight is 309 g/mol. The fraction of sp³-hybridized carbons (Fsp3) is 0.263.